The topological polar surface area (TPSA) is 86.8 Å². The van der Waals surface area contributed by atoms with Gasteiger partial charge in [0.25, 0.3) is 10.0 Å². The first kappa shape index (κ1) is 28.2. The Kier molecular flexibility index (Phi) is 9.34. The van der Waals surface area contributed by atoms with Crippen LogP contribution in [0.25, 0.3) is 0 Å². The molecule has 0 radical (unpaired) electrons. The van der Waals surface area contributed by atoms with Crippen molar-refractivity contribution >= 4 is 39.1 Å². The summed E-state index contributed by atoms with van der Waals surface area (Å²) in [6, 6.07) is 21.0. The Hall–Kier alpha value is -3.36. The van der Waals surface area contributed by atoms with E-state index in [0.29, 0.717) is 0 Å². The molecule has 0 saturated heterocycles. The molecule has 0 spiro atoms. The summed E-state index contributed by atoms with van der Waals surface area (Å²) in [5.74, 6) is -0.864. The molecule has 1 unspecified atom stereocenters. The number of rotatable bonds is 10. The molecule has 0 fully saturated rings. The largest absolute Gasteiger partial charge is 0.352 e. The lowest BCUT2D eigenvalue weighted by atomic mass is 10.1. The fraction of sp³-hybridized carbons (Fsp3) is 0.286. The third-order valence-electron chi connectivity index (χ3n) is 5.80. The molecule has 0 aliphatic carbocycles. The summed E-state index contributed by atoms with van der Waals surface area (Å²) in [4.78, 5) is 28.2. The molecule has 3 aromatic rings. The average Bonchev–Trinajstić information content (AvgIpc) is 2.87. The zero-order chi connectivity index (χ0) is 27.2. The van der Waals surface area contributed by atoms with E-state index < -0.39 is 28.5 Å². The van der Waals surface area contributed by atoms with Gasteiger partial charge in [0.05, 0.1) is 15.6 Å². The van der Waals surface area contributed by atoms with Crippen molar-refractivity contribution in [3.63, 3.8) is 0 Å². The van der Waals surface area contributed by atoms with Crippen molar-refractivity contribution in [2.24, 2.45) is 0 Å². The van der Waals surface area contributed by atoms with Gasteiger partial charge >= 0.3 is 0 Å². The van der Waals surface area contributed by atoms with E-state index in [1.165, 1.54) is 17.0 Å². The van der Waals surface area contributed by atoms with Gasteiger partial charge in [-0.15, -0.1) is 0 Å². The van der Waals surface area contributed by atoms with Gasteiger partial charge in [-0.1, -0.05) is 71.8 Å². The number of hydrogen-bond acceptors (Lipinski definition) is 4. The number of sulfonamides is 1. The summed E-state index contributed by atoms with van der Waals surface area (Å²) >= 11 is 6.40. The fourth-order valence-electron chi connectivity index (χ4n) is 3.76. The van der Waals surface area contributed by atoms with Crippen molar-refractivity contribution < 1.29 is 18.0 Å². The molecule has 2 amide bonds. The minimum absolute atomic E-state index is 0.0263. The summed E-state index contributed by atoms with van der Waals surface area (Å²) in [5.41, 5.74) is 2.06. The molecule has 1 atom stereocenters. The smallest absolute Gasteiger partial charge is 0.264 e. The molecule has 0 saturated carbocycles. The number of nitrogens with zero attached hydrogens (tertiary/aromatic N) is 2. The van der Waals surface area contributed by atoms with Gasteiger partial charge in [-0.25, -0.2) is 8.42 Å². The average molecular weight is 542 g/mol. The highest BCUT2D eigenvalue weighted by atomic mass is 35.5. The van der Waals surface area contributed by atoms with E-state index in [1.807, 2.05) is 45.0 Å². The van der Waals surface area contributed by atoms with Crippen LogP contribution in [-0.2, 0) is 26.2 Å². The van der Waals surface area contributed by atoms with Gasteiger partial charge in [-0.05, 0) is 57.5 Å². The van der Waals surface area contributed by atoms with Gasteiger partial charge in [0.15, 0.2) is 0 Å². The lowest BCUT2D eigenvalue weighted by Gasteiger charge is -2.32. The number of carbonyl (C=O) groups excluding carboxylic acids is 2. The number of anilines is 1. The van der Waals surface area contributed by atoms with Crippen molar-refractivity contribution in [2.75, 3.05) is 10.8 Å². The molecule has 9 heteroatoms. The minimum Gasteiger partial charge on any atom is -0.352 e. The second-order valence-electron chi connectivity index (χ2n) is 9.12. The Morgan fingerprint density at radius 2 is 1.49 bits per heavy atom. The lowest BCUT2D eigenvalue weighted by molar-refractivity contribution is -0.139. The minimum atomic E-state index is -4.15. The first-order chi connectivity index (χ1) is 17.5. The Labute approximate surface area is 224 Å². The van der Waals surface area contributed by atoms with Crippen LogP contribution in [0.15, 0.2) is 83.8 Å². The molecule has 0 aromatic heterocycles. The second kappa shape index (κ2) is 12.3. The molecule has 0 heterocycles. The molecule has 3 rings (SSSR count). The van der Waals surface area contributed by atoms with E-state index in [9.17, 15) is 18.0 Å². The zero-order valence-corrected chi connectivity index (χ0v) is 23.0. The number of para-hydroxylation sites is 1. The molecule has 0 bridgehead atoms. The van der Waals surface area contributed by atoms with E-state index >= 15 is 0 Å². The monoisotopic (exact) mass is 541 g/mol. The Balaban J connectivity index is 2.02. The number of amides is 2. The predicted octanol–water partition coefficient (Wildman–Crippen LogP) is 4.79. The van der Waals surface area contributed by atoms with Crippen LogP contribution >= 0.6 is 11.6 Å². The summed E-state index contributed by atoms with van der Waals surface area (Å²) < 4.78 is 28.4. The van der Waals surface area contributed by atoms with Gasteiger partial charge < -0.3 is 10.2 Å². The Bertz CT molecular complexity index is 1330. The first-order valence-corrected chi connectivity index (χ1v) is 13.8. The maximum absolute atomic E-state index is 13.8. The zero-order valence-electron chi connectivity index (χ0n) is 21.4. The van der Waals surface area contributed by atoms with Gasteiger partial charge in [-0.3, -0.25) is 13.9 Å². The second-order valence-corrected chi connectivity index (χ2v) is 11.4. The van der Waals surface area contributed by atoms with E-state index in [-0.39, 0.29) is 34.1 Å². The maximum Gasteiger partial charge on any atom is 0.264 e. The molecule has 0 aliphatic heterocycles. The van der Waals surface area contributed by atoms with Crippen LogP contribution in [0.2, 0.25) is 5.02 Å². The van der Waals surface area contributed by atoms with Gasteiger partial charge in [0.2, 0.25) is 11.8 Å². The van der Waals surface area contributed by atoms with Crippen LogP contribution in [0, 0.1) is 6.92 Å². The Morgan fingerprint density at radius 3 is 2.08 bits per heavy atom. The summed E-state index contributed by atoms with van der Waals surface area (Å²) in [6.45, 7) is 6.86. The normalized spacial score (nSPS) is 12.2. The van der Waals surface area contributed by atoms with Crippen molar-refractivity contribution in [1.29, 1.82) is 0 Å². The number of benzene rings is 3. The molecule has 37 heavy (non-hydrogen) atoms. The van der Waals surface area contributed by atoms with Gasteiger partial charge in [0, 0.05) is 12.6 Å². The van der Waals surface area contributed by atoms with Crippen LogP contribution in [0.4, 0.5) is 5.69 Å². The summed E-state index contributed by atoms with van der Waals surface area (Å²) in [6.07, 6.45) is 0. The van der Waals surface area contributed by atoms with E-state index in [2.05, 4.69) is 5.32 Å². The van der Waals surface area contributed by atoms with Crippen LogP contribution in [0.5, 0.6) is 0 Å². The third kappa shape index (κ3) is 7.11. The summed E-state index contributed by atoms with van der Waals surface area (Å²) in [7, 11) is -4.15. The van der Waals surface area contributed by atoms with Gasteiger partial charge in [-0.2, -0.15) is 0 Å². The SMILES string of the molecule is Cc1ccc(CN(C(=O)CN(c2ccccc2Cl)S(=O)(=O)c2ccccc2)C(C)C(=O)NC(C)C)cc1. The van der Waals surface area contributed by atoms with Gasteiger partial charge in [0.1, 0.15) is 12.6 Å². The number of carbonyl (C=O) groups is 2. The summed E-state index contributed by atoms with van der Waals surface area (Å²) in [5, 5.41) is 3.02. The molecular formula is C28H32ClN3O4S. The first-order valence-electron chi connectivity index (χ1n) is 12.0. The number of halogens is 1. The van der Waals surface area contributed by atoms with Crippen LogP contribution < -0.4 is 9.62 Å². The number of hydrogen-bond donors (Lipinski definition) is 1. The quantitative estimate of drug-likeness (QED) is 0.400. The van der Waals surface area contributed by atoms with E-state index in [4.69, 9.17) is 11.6 Å². The van der Waals surface area contributed by atoms with Crippen molar-refractivity contribution in [3.05, 3.63) is 95.0 Å². The van der Waals surface area contributed by atoms with Crippen LogP contribution in [-0.4, -0.2) is 43.8 Å². The number of aryl methyl sites for hydroxylation is 1. The molecule has 1 N–H and O–H groups in total. The highest BCUT2D eigenvalue weighted by Crippen LogP contribution is 2.30. The molecule has 196 valence electrons. The highest BCUT2D eigenvalue weighted by Gasteiger charge is 2.33. The Morgan fingerprint density at radius 1 is 0.892 bits per heavy atom. The maximum atomic E-state index is 13.8. The van der Waals surface area contributed by atoms with Crippen LogP contribution in [0.1, 0.15) is 31.9 Å². The van der Waals surface area contributed by atoms with Crippen molar-refractivity contribution in [3.8, 4) is 0 Å². The molecule has 0 aliphatic rings. The standard InChI is InChI=1S/C28H32ClN3O4S/c1-20(2)30-28(34)22(4)31(18-23-16-14-21(3)15-17-23)27(33)19-32(26-13-9-8-12-25(26)29)37(35,36)24-10-6-5-7-11-24/h5-17,20,22H,18-19H2,1-4H3,(H,30,34). The van der Waals surface area contributed by atoms with Crippen molar-refractivity contribution in [1.82, 2.24) is 10.2 Å². The lowest BCUT2D eigenvalue weighted by Crippen LogP contribution is -2.52. The third-order valence-corrected chi connectivity index (χ3v) is 7.90. The van der Waals surface area contributed by atoms with E-state index in [1.54, 1.807) is 49.4 Å². The van der Waals surface area contributed by atoms with E-state index in [0.717, 1.165) is 15.4 Å². The number of nitrogens with one attached hydrogen (secondary N) is 1. The molecular weight excluding hydrogens is 510 g/mol. The highest BCUT2D eigenvalue weighted by molar-refractivity contribution is 7.92. The fourth-order valence-corrected chi connectivity index (χ4v) is 5.51. The molecule has 7 nitrogen and oxygen atoms in total. The van der Waals surface area contributed by atoms with Crippen LogP contribution in [0.3, 0.4) is 0 Å². The van der Waals surface area contributed by atoms with Crippen molar-refractivity contribution in [2.45, 2.75) is 51.2 Å². The molecule has 3 aromatic carbocycles. The predicted molar refractivity (Wildman–Crippen MR) is 147 cm³/mol.